The maximum Gasteiger partial charge on any atom is -0.0204 e. The molecule has 0 aromatic heterocycles. The molecule has 0 saturated carbocycles. The zero-order valence-electron chi connectivity index (χ0n) is 12.8. The van der Waals surface area contributed by atoms with E-state index in [4.69, 9.17) is 0 Å². The molecule has 0 nitrogen and oxygen atoms in total. The SMILES string of the molecule is CC1=CCCC(C)C(C)CCC(C(C)C)C1C. The minimum atomic E-state index is 0.774. The molecule has 0 fully saturated rings. The monoisotopic (exact) mass is 236 g/mol. The first-order valence-electron chi connectivity index (χ1n) is 7.60. The Balaban J connectivity index is 2.81. The van der Waals surface area contributed by atoms with Gasteiger partial charge in [0.15, 0.2) is 0 Å². The Labute approximate surface area is 109 Å². The van der Waals surface area contributed by atoms with E-state index in [1.165, 1.54) is 25.7 Å². The standard InChI is InChI=1S/C17H32/c1-12(2)17-11-10-14(4)13(3)8-7-9-15(5)16(17)6/h9,12-14,16-17H,7-8,10-11H2,1-6H3. The van der Waals surface area contributed by atoms with Crippen LogP contribution in [0.5, 0.6) is 0 Å². The van der Waals surface area contributed by atoms with Gasteiger partial charge in [-0.2, -0.15) is 0 Å². The molecule has 0 heterocycles. The molecule has 0 amide bonds. The lowest BCUT2D eigenvalue weighted by molar-refractivity contribution is 0.234. The van der Waals surface area contributed by atoms with E-state index in [1.54, 1.807) is 5.57 Å². The van der Waals surface area contributed by atoms with E-state index >= 15 is 0 Å². The van der Waals surface area contributed by atoms with Crippen molar-refractivity contribution in [2.75, 3.05) is 0 Å². The van der Waals surface area contributed by atoms with E-state index in [0.717, 1.165) is 29.6 Å². The van der Waals surface area contributed by atoms with E-state index in [-0.39, 0.29) is 0 Å². The third kappa shape index (κ3) is 4.16. The molecule has 0 saturated heterocycles. The van der Waals surface area contributed by atoms with Gasteiger partial charge in [-0.25, -0.2) is 0 Å². The first-order valence-corrected chi connectivity index (χ1v) is 7.60. The molecule has 17 heavy (non-hydrogen) atoms. The molecule has 100 valence electrons. The Morgan fingerprint density at radius 2 is 1.59 bits per heavy atom. The van der Waals surface area contributed by atoms with Crippen LogP contribution < -0.4 is 0 Å². The van der Waals surface area contributed by atoms with Crippen LogP contribution in [0, 0.1) is 29.6 Å². The number of hydrogen-bond donors (Lipinski definition) is 0. The summed E-state index contributed by atoms with van der Waals surface area (Å²) >= 11 is 0. The first kappa shape index (κ1) is 14.8. The molecular formula is C17H32. The van der Waals surface area contributed by atoms with Crippen LogP contribution in [0.25, 0.3) is 0 Å². The topological polar surface area (TPSA) is 0 Å². The van der Waals surface area contributed by atoms with Crippen molar-refractivity contribution in [3.8, 4) is 0 Å². The van der Waals surface area contributed by atoms with Crippen LogP contribution >= 0.6 is 0 Å². The summed E-state index contributed by atoms with van der Waals surface area (Å²) in [5, 5.41) is 0. The summed E-state index contributed by atoms with van der Waals surface area (Å²) in [4.78, 5) is 0. The Bertz CT molecular complexity index is 249. The molecule has 4 atom stereocenters. The Morgan fingerprint density at radius 3 is 2.18 bits per heavy atom. The Morgan fingerprint density at radius 1 is 1.00 bits per heavy atom. The van der Waals surface area contributed by atoms with Gasteiger partial charge in [-0.3, -0.25) is 0 Å². The van der Waals surface area contributed by atoms with Crippen molar-refractivity contribution in [1.29, 1.82) is 0 Å². The molecule has 1 aliphatic rings. The highest BCUT2D eigenvalue weighted by Crippen LogP contribution is 2.35. The van der Waals surface area contributed by atoms with Gasteiger partial charge in [0, 0.05) is 0 Å². The summed E-state index contributed by atoms with van der Waals surface area (Å²) in [5.74, 6) is 4.25. The molecule has 0 N–H and O–H groups in total. The first-order chi connectivity index (χ1) is 7.93. The van der Waals surface area contributed by atoms with E-state index in [9.17, 15) is 0 Å². The van der Waals surface area contributed by atoms with Crippen LogP contribution in [0.4, 0.5) is 0 Å². The highest BCUT2D eigenvalue weighted by Gasteiger charge is 2.24. The van der Waals surface area contributed by atoms with Gasteiger partial charge in [0.05, 0.1) is 0 Å². The van der Waals surface area contributed by atoms with Gasteiger partial charge in [0.25, 0.3) is 0 Å². The lowest BCUT2D eigenvalue weighted by atomic mass is 9.74. The lowest BCUT2D eigenvalue weighted by Gasteiger charge is -2.32. The molecule has 0 aromatic carbocycles. The van der Waals surface area contributed by atoms with Crippen LogP contribution in [0.15, 0.2) is 11.6 Å². The van der Waals surface area contributed by atoms with Crippen LogP contribution in [-0.2, 0) is 0 Å². The summed E-state index contributed by atoms with van der Waals surface area (Å²) < 4.78 is 0. The van der Waals surface area contributed by atoms with E-state index in [0.29, 0.717) is 0 Å². The number of hydrogen-bond acceptors (Lipinski definition) is 0. The summed E-state index contributed by atoms with van der Waals surface area (Å²) in [6.45, 7) is 14.5. The van der Waals surface area contributed by atoms with Crippen LogP contribution in [0.2, 0.25) is 0 Å². The van der Waals surface area contributed by atoms with Crippen molar-refractivity contribution in [1.82, 2.24) is 0 Å². The smallest absolute Gasteiger partial charge is 0.0204 e. The molecule has 4 unspecified atom stereocenters. The predicted octanol–water partition coefficient (Wildman–Crippen LogP) is 5.69. The minimum Gasteiger partial charge on any atom is -0.0853 e. The highest BCUT2D eigenvalue weighted by atomic mass is 14.3. The van der Waals surface area contributed by atoms with Crippen molar-refractivity contribution >= 4 is 0 Å². The van der Waals surface area contributed by atoms with Gasteiger partial charge in [-0.05, 0) is 55.8 Å². The summed E-state index contributed by atoms with van der Waals surface area (Å²) in [6, 6.07) is 0. The summed E-state index contributed by atoms with van der Waals surface area (Å²) in [5.41, 5.74) is 1.63. The molecule has 0 aromatic rings. The normalized spacial score (nSPS) is 36.8. The largest absolute Gasteiger partial charge is 0.0853 e. The number of allylic oxidation sites excluding steroid dienone is 2. The average Bonchev–Trinajstić information content (AvgIpc) is 2.26. The molecule has 1 rings (SSSR count). The van der Waals surface area contributed by atoms with Crippen molar-refractivity contribution in [3.05, 3.63) is 11.6 Å². The Kier molecular flexibility index (Phi) is 5.76. The quantitative estimate of drug-likeness (QED) is 0.513. The van der Waals surface area contributed by atoms with Gasteiger partial charge in [-0.1, -0.05) is 52.7 Å². The zero-order chi connectivity index (χ0) is 13.0. The van der Waals surface area contributed by atoms with Crippen molar-refractivity contribution in [3.63, 3.8) is 0 Å². The van der Waals surface area contributed by atoms with Crippen LogP contribution in [0.3, 0.4) is 0 Å². The van der Waals surface area contributed by atoms with E-state index in [2.05, 4.69) is 47.6 Å². The molecular weight excluding hydrogens is 204 g/mol. The van der Waals surface area contributed by atoms with Gasteiger partial charge < -0.3 is 0 Å². The predicted molar refractivity (Wildman–Crippen MR) is 78.0 cm³/mol. The van der Waals surface area contributed by atoms with Crippen molar-refractivity contribution in [2.45, 2.75) is 67.2 Å². The highest BCUT2D eigenvalue weighted by molar-refractivity contribution is 5.05. The average molecular weight is 236 g/mol. The van der Waals surface area contributed by atoms with Crippen LogP contribution in [-0.4, -0.2) is 0 Å². The fraction of sp³-hybridized carbons (Fsp3) is 0.882. The summed E-state index contributed by atoms with van der Waals surface area (Å²) in [7, 11) is 0. The second-order valence-electron chi connectivity index (χ2n) is 6.75. The van der Waals surface area contributed by atoms with E-state index in [1.807, 2.05) is 0 Å². The second kappa shape index (κ2) is 6.61. The van der Waals surface area contributed by atoms with Gasteiger partial charge in [0.2, 0.25) is 0 Å². The van der Waals surface area contributed by atoms with Gasteiger partial charge in [0.1, 0.15) is 0 Å². The third-order valence-corrected chi connectivity index (χ3v) is 5.23. The molecule has 1 aliphatic carbocycles. The van der Waals surface area contributed by atoms with Crippen molar-refractivity contribution < 1.29 is 0 Å². The van der Waals surface area contributed by atoms with Gasteiger partial charge >= 0.3 is 0 Å². The van der Waals surface area contributed by atoms with E-state index < -0.39 is 0 Å². The zero-order valence-corrected chi connectivity index (χ0v) is 12.8. The third-order valence-electron chi connectivity index (χ3n) is 5.23. The maximum atomic E-state index is 2.51. The summed E-state index contributed by atoms with van der Waals surface area (Å²) in [6.07, 6.45) is 8.00. The molecule has 0 radical (unpaired) electrons. The minimum absolute atomic E-state index is 0.774. The molecule has 0 spiro atoms. The number of rotatable bonds is 1. The van der Waals surface area contributed by atoms with Crippen molar-refractivity contribution in [2.24, 2.45) is 29.6 Å². The Hall–Kier alpha value is -0.260. The molecule has 0 bridgehead atoms. The molecule has 0 aliphatic heterocycles. The van der Waals surface area contributed by atoms with Gasteiger partial charge in [-0.15, -0.1) is 0 Å². The van der Waals surface area contributed by atoms with Crippen LogP contribution in [0.1, 0.15) is 67.2 Å². The maximum absolute atomic E-state index is 2.51. The lowest BCUT2D eigenvalue weighted by Crippen LogP contribution is -2.22. The molecule has 0 heteroatoms. The second-order valence-corrected chi connectivity index (χ2v) is 6.75. The fourth-order valence-electron chi connectivity index (χ4n) is 3.28. The fourth-order valence-corrected chi connectivity index (χ4v) is 3.28.